The summed E-state index contributed by atoms with van der Waals surface area (Å²) in [4.78, 5) is 1.79. The highest BCUT2D eigenvalue weighted by atomic mass is 32.2. The average molecular weight is 380 g/mol. The summed E-state index contributed by atoms with van der Waals surface area (Å²) >= 11 is 0. The molecule has 1 fully saturated rings. The molecule has 142 valence electrons. The highest BCUT2D eigenvalue weighted by molar-refractivity contribution is 7.95. The van der Waals surface area contributed by atoms with Crippen molar-refractivity contribution in [3.05, 3.63) is 58.9 Å². The smallest absolute Gasteiger partial charge is 0.196 e. The Bertz CT molecular complexity index is 768. The van der Waals surface area contributed by atoms with Gasteiger partial charge in [0, 0.05) is 13.7 Å². The summed E-state index contributed by atoms with van der Waals surface area (Å²) in [7, 11) is -1.86. The number of nitrogens with zero attached hydrogens (tertiary/aromatic N) is 1. The van der Waals surface area contributed by atoms with Gasteiger partial charge < -0.3 is 15.0 Å². The molecule has 0 spiro atoms. The van der Waals surface area contributed by atoms with E-state index in [-0.39, 0.29) is 11.1 Å². The predicted octanol–water partition coefficient (Wildman–Crippen LogP) is 2.22. The Morgan fingerprint density at radius 3 is 2.58 bits per heavy atom. The molecule has 0 aliphatic carbocycles. The quantitative estimate of drug-likeness (QED) is 0.820. The summed E-state index contributed by atoms with van der Waals surface area (Å²) in [5, 5.41) is 3.16. The number of rotatable bonds is 6. The standard InChI is InChI=1S/C19H25FN2O3S/c1-25-18-3-2-4-19(26(23,24)17-9-12-21-13-10-17)22(18)14-11-15-5-7-16(20)8-6-15/h2-8,17-18,21H,9-14H2,1H3. The number of methoxy groups -OCH3 is 1. The largest absolute Gasteiger partial charge is 0.358 e. The predicted molar refractivity (Wildman–Crippen MR) is 99.6 cm³/mol. The van der Waals surface area contributed by atoms with Crippen LogP contribution in [0, 0.1) is 5.82 Å². The van der Waals surface area contributed by atoms with Gasteiger partial charge in [-0.25, -0.2) is 12.8 Å². The third-order valence-corrected chi connectivity index (χ3v) is 7.22. The number of hydrogen-bond acceptors (Lipinski definition) is 5. The molecule has 1 N–H and O–H groups in total. The Morgan fingerprint density at radius 1 is 1.23 bits per heavy atom. The highest BCUT2D eigenvalue weighted by Crippen LogP contribution is 2.28. The van der Waals surface area contributed by atoms with E-state index in [0.29, 0.717) is 30.8 Å². The van der Waals surface area contributed by atoms with Gasteiger partial charge in [-0.05, 0) is 62.2 Å². The van der Waals surface area contributed by atoms with Gasteiger partial charge in [0.15, 0.2) is 9.84 Å². The fourth-order valence-electron chi connectivity index (χ4n) is 3.44. The van der Waals surface area contributed by atoms with Crippen molar-refractivity contribution in [3.8, 4) is 0 Å². The van der Waals surface area contributed by atoms with E-state index >= 15 is 0 Å². The van der Waals surface area contributed by atoms with Crippen LogP contribution in [0.3, 0.4) is 0 Å². The molecule has 0 aromatic heterocycles. The molecule has 2 aliphatic heterocycles. The minimum atomic E-state index is -3.43. The van der Waals surface area contributed by atoms with Crippen LogP contribution in [0.15, 0.2) is 47.5 Å². The van der Waals surface area contributed by atoms with Gasteiger partial charge in [0.05, 0.1) is 5.25 Å². The molecule has 2 aliphatic rings. The summed E-state index contributed by atoms with van der Waals surface area (Å²) < 4.78 is 45.0. The Morgan fingerprint density at radius 2 is 1.92 bits per heavy atom. The second kappa shape index (κ2) is 8.33. The summed E-state index contributed by atoms with van der Waals surface area (Å²) in [6.07, 6.45) is 6.67. The maximum Gasteiger partial charge on any atom is 0.196 e. The molecular weight excluding hydrogens is 355 g/mol. The Kier molecular flexibility index (Phi) is 6.11. The van der Waals surface area contributed by atoms with Crippen molar-refractivity contribution in [1.29, 1.82) is 0 Å². The first kappa shape index (κ1) is 19.1. The zero-order valence-corrected chi connectivity index (χ0v) is 15.7. The molecule has 0 radical (unpaired) electrons. The number of benzene rings is 1. The molecule has 2 heterocycles. The minimum Gasteiger partial charge on any atom is -0.358 e. The van der Waals surface area contributed by atoms with Crippen LogP contribution in [0.1, 0.15) is 18.4 Å². The van der Waals surface area contributed by atoms with Crippen molar-refractivity contribution < 1.29 is 17.5 Å². The molecule has 1 unspecified atom stereocenters. The Labute approximate surface area is 154 Å². The fraction of sp³-hybridized carbons (Fsp3) is 0.474. The Balaban J connectivity index is 1.80. The van der Waals surface area contributed by atoms with E-state index in [9.17, 15) is 12.8 Å². The molecule has 1 saturated heterocycles. The van der Waals surface area contributed by atoms with Crippen LogP contribution >= 0.6 is 0 Å². The first-order valence-corrected chi connectivity index (χ1v) is 10.4. The van der Waals surface area contributed by atoms with E-state index in [0.717, 1.165) is 18.7 Å². The third-order valence-electron chi connectivity index (χ3n) is 4.92. The number of piperidine rings is 1. The molecule has 1 aromatic carbocycles. The number of halogens is 1. The van der Waals surface area contributed by atoms with Crippen molar-refractivity contribution in [2.24, 2.45) is 0 Å². The third kappa shape index (κ3) is 4.16. The summed E-state index contributed by atoms with van der Waals surface area (Å²) in [6.45, 7) is 1.91. The minimum absolute atomic E-state index is 0.279. The molecule has 26 heavy (non-hydrogen) atoms. The number of hydrogen-bond donors (Lipinski definition) is 1. The van der Waals surface area contributed by atoms with Gasteiger partial charge in [-0.2, -0.15) is 0 Å². The van der Waals surface area contributed by atoms with Crippen LogP contribution in [-0.4, -0.2) is 51.5 Å². The van der Waals surface area contributed by atoms with Gasteiger partial charge >= 0.3 is 0 Å². The lowest BCUT2D eigenvalue weighted by Crippen LogP contribution is -2.44. The van der Waals surface area contributed by atoms with Gasteiger partial charge in [0.25, 0.3) is 0 Å². The number of ether oxygens (including phenoxy) is 1. The lowest BCUT2D eigenvalue weighted by atomic mass is 10.1. The van der Waals surface area contributed by atoms with E-state index in [1.54, 1.807) is 36.3 Å². The Hall–Kier alpha value is -1.70. The molecule has 7 heteroatoms. The number of nitrogens with one attached hydrogen (secondary N) is 1. The molecule has 1 aromatic rings. The maximum absolute atomic E-state index is 13.2. The topological polar surface area (TPSA) is 58.6 Å². The van der Waals surface area contributed by atoms with Gasteiger partial charge in [-0.1, -0.05) is 18.2 Å². The average Bonchev–Trinajstić information content (AvgIpc) is 2.68. The van der Waals surface area contributed by atoms with Gasteiger partial charge in [0.2, 0.25) is 0 Å². The first-order valence-electron chi connectivity index (χ1n) is 8.89. The second-order valence-electron chi connectivity index (χ2n) is 6.58. The summed E-state index contributed by atoms with van der Waals surface area (Å²) in [5.74, 6) is -0.279. The van der Waals surface area contributed by atoms with Gasteiger partial charge in [-0.3, -0.25) is 0 Å². The number of allylic oxidation sites excluding steroid dienone is 2. The van der Waals surface area contributed by atoms with Crippen LogP contribution in [0.4, 0.5) is 4.39 Å². The van der Waals surface area contributed by atoms with Crippen molar-refractivity contribution >= 4 is 9.84 Å². The van der Waals surface area contributed by atoms with E-state index in [1.165, 1.54) is 12.1 Å². The number of sulfone groups is 1. The van der Waals surface area contributed by atoms with E-state index in [1.807, 2.05) is 6.08 Å². The summed E-state index contributed by atoms with van der Waals surface area (Å²) in [6, 6.07) is 6.28. The van der Waals surface area contributed by atoms with Crippen LogP contribution in [-0.2, 0) is 21.0 Å². The zero-order valence-electron chi connectivity index (χ0n) is 14.9. The van der Waals surface area contributed by atoms with Crippen LogP contribution < -0.4 is 5.32 Å². The maximum atomic E-state index is 13.2. The van der Waals surface area contributed by atoms with Crippen LogP contribution in [0.25, 0.3) is 0 Å². The first-order chi connectivity index (χ1) is 12.5. The van der Waals surface area contributed by atoms with E-state index in [2.05, 4.69) is 5.32 Å². The van der Waals surface area contributed by atoms with Crippen molar-refractivity contribution in [3.63, 3.8) is 0 Å². The van der Waals surface area contributed by atoms with E-state index in [4.69, 9.17) is 4.74 Å². The molecule has 3 rings (SSSR count). The highest BCUT2D eigenvalue weighted by Gasteiger charge is 2.36. The molecule has 5 nitrogen and oxygen atoms in total. The van der Waals surface area contributed by atoms with Gasteiger partial charge in [0.1, 0.15) is 17.1 Å². The molecule has 0 bridgehead atoms. The normalized spacial score (nSPS) is 21.7. The van der Waals surface area contributed by atoms with Crippen LogP contribution in [0.2, 0.25) is 0 Å². The fourth-order valence-corrected chi connectivity index (χ4v) is 5.42. The van der Waals surface area contributed by atoms with E-state index < -0.39 is 16.1 Å². The lowest BCUT2D eigenvalue weighted by Gasteiger charge is -2.36. The zero-order chi connectivity index (χ0) is 18.6. The molecule has 1 atom stereocenters. The second-order valence-corrected chi connectivity index (χ2v) is 8.76. The monoisotopic (exact) mass is 380 g/mol. The lowest BCUT2D eigenvalue weighted by molar-refractivity contribution is 0.0273. The molecular formula is C19H25FN2O3S. The molecule has 0 saturated carbocycles. The molecule has 0 amide bonds. The van der Waals surface area contributed by atoms with Crippen molar-refractivity contribution in [2.45, 2.75) is 30.7 Å². The van der Waals surface area contributed by atoms with Gasteiger partial charge in [-0.15, -0.1) is 0 Å². The summed E-state index contributed by atoms with van der Waals surface area (Å²) in [5.41, 5.74) is 0.953. The van der Waals surface area contributed by atoms with Crippen LogP contribution in [0.5, 0.6) is 0 Å². The SMILES string of the molecule is COC1C=CC=C(S(=O)(=O)C2CCNCC2)N1CCc1ccc(F)cc1. The van der Waals surface area contributed by atoms with Crippen molar-refractivity contribution in [1.82, 2.24) is 10.2 Å². The van der Waals surface area contributed by atoms with Crippen molar-refractivity contribution in [2.75, 3.05) is 26.7 Å².